The first-order chi connectivity index (χ1) is 9.89. The molecule has 2 rings (SSSR count). The molecule has 0 radical (unpaired) electrons. The van der Waals surface area contributed by atoms with Gasteiger partial charge in [-0.2, -0.15) is 0 Å². The van der Waals surface area contributed by atoms with Gasteiger partial charge in [-0.05, 0) is 50.5 Å². The third-order valence-electron chi connectivity index (χ3n) is 3.71. The van der Waals surface area contributed by atoms with Crippen LogP contribution >= 0.6 is 0 Å². The second-order valence-corrected chi connectivity index (χ2v) is 10.8. The van der Waals surface area contributed by atoms with Crippen LogP contribution in [-0.2, 0) is 17.3 Å². The molecule has 0 heterocycles. The number of methoxy groups -OCH3 is 3. The molecule has 118 valence electrons. The van der Waals surface area contributed by atoms with Crippen LogP contribution in [0.4, 0.5) is 0 Å². The predicted molar refractivity (Wildman–Crippen MR) is 86.3 cm³/mol. The van der Waals surface area contributed by atoms with Crippen LogP contribution in [0.1, 0.15) is 17.5 Å². The van der Waals surface area contributed by atoms with Gasteiger partial charge in [0.25, 0.3) is 0 Å². The van der Waals surface area contributed by atoms with Gasteiger partial charge >= 0.3 is 0 Å². The molecule has 1 atom stereocenters. The molecule has 0 saturated heterocycles. The second kappa shape index (κ2) is 6.28. The molecular formula is C16H26O4Si. The van der Waals surface area contributed by atoms with Gasteiger partial charge < -0.3 is 18.6 Å². The quantitative estimate of drug-likeness (QED) is 0.781. The number of hydrogen-bond donors (Lipinski definition) is 0. The Bertz CT molecular complexity index is 508. The Labute approximate surface area is 128 Å². The predicted octanol–water partition coefficient (Wildman–Crippen LogP) is 3.42. The molecule has 1 aliphatic rings. The molecule has 21 heavy (non-hydrogen) atoms. The van der Waals surface area contributed by atoms with E-state index >= 15 is 0 Å². The van der Waals surface area contributed by atoms with E-state index in [2.05, 4.69) is 25.7 Å². The summed E-state index contributed by atoms with van der Waals surface area (Å²) < 4.78 is 22.7. The van der Waals surface area contributed by atoms with Crippen molar-refractivity contribution in [2.24, 2.45) is 0 Å². The lowest BCUT2D eigenvalue weighted by atomic mass is 9.88. The fraction of sp³-hybridized carbons (Fsp3) is 0.625. The van der Waals surface area contributed by atoms with E-state index in [4.69, 9.17) is 18.6 Å². The standard InChI is InChI=1S/C16H26O4Si/c1-17-14-10-11-9-12(20-21(4,5)6)7-8-13(11)15(18-2)16(14)19-3/h10,12H,7-9H2,1-6H3. The minimum Gasteiger partial charge on any atom is -0.493 e. The molecule has 4 nitrogen and oxygen atoms in total. The zero-order valence-corrected chi connectivity index (χ0v) is 14.9. The third kappa shape index (κ3) is 3.52. The first-order valence-electron chi connectivity index (χ1n) is 7.38. The molecule has 0 aromatic heterocycles. The maximum Gasteiger partial charge on any atom is 0.203 e. The SMILES string of the molecule is COc1cc2c(c(OC)c1OC)CCC(O[Si](C)(C)C)C2. The van der Waals surface area contributed by atoms with Gasteiger partial charge in [-0.15, -0.1) is 0 Å². The summed E-state index contributed by atoms with van der Waals surface area (Å²) in [7, 11) is 3.47. The Balaban J connectivity index is 2.36. The highest BCUT2D eigenvalue weighted by Gasteiger charge is 2.29. The average molecular weight is 310 g/mol. The van der Waals surface area contributed by atoms with Crippen LogP contribution in [0, 0.1) is 0 Å². The fourth-order valence-electron chi connectivity index (χ4n) is 2.98. The Morgan fingerprint density at radius 2 is 1.67 bits per heavy atom. The van der Waals surface area contributed by atoms with Crippen LogP contribution < -0.4 is 14.2 Å². The van der Waals surface area contributed by atoms with E-state index in [0.29, 0.717) is 11.9 Å². The van der Waals surface area contributed by atoms with Gasteiger partial charge in [0.1, 0.15) is 0 Å². The van der Waals surface area contributed by atoms with Crippen molar-refractivity contribution >= 4 is 8.32 Å². The monoisotopic (exact) mass is 310 g/mol. The summed E-state index contributed by atoms with van der Waals surface area (Å²) >= 11 is 0. The van der Waals surface area contributed by atoms with E-state index in [1.807, 2.05) is 0 Å². The summed E-state index contributed by atoms with van der Waals surface area (Å²) in [5.74, 6) is 2.21. The lowest BCUT2D eigenvalue weighted by Gasteiger charge is -2.32. The van der Waals surface area contributed by atoms with Gasteiger partial charge in [0.05, 0.1) is 21.3 Å². The van der Waals surface area contributed by atoms with E-state index in [-0.39, 0.29) is 0 Å². The zero-order valence-electron chi connectivity index (χ0n) is 13.9. The van der Waals surface area contributed by atoms with Crippen molar-refractivity contribution in [3.63, 3.8) is 0 Å². The second-order valence-electron chi connectivity index (χ2n) is 6.38. The Morgan fingerprint density at radius 3 is 2.19 bits per heavy atom. The highest BCUT2D eigenvalue weighted by Crippen LogP contribution is 2.44. The molecule has 0 N–H and O–H groups in total. The summed E-state index contributed by atoms with van der Waals surface area (Å²) in [6, 6.07) is 2.07. The largest absolute Gasteiger partial charge is 0.493 e. The molecule has 1 aliphatic carbocycles. The fourth-order valence-corrected chi connectivity index (χ4v) is 4.18. The Hall–Kier alpha value is -1.20. The van der Waals surface area contributed by atoms with Gasteiger partial charge in [-0.1, -0.05) is 0 Å². The van der Waals surface area contributed by atoms with E-state index in [9.17, 15) is 0 Å². The maximum atomic E-state index is 6.27. The third-order valence-corrected chi connectivity index (χ3v) is 4.75. The van der Waals surface area contributed by atoms with Crippen LogP contribution in [0.5, 0.6) is 17.2 Å². The molecule has 1 aromatic carbocycles. The summed E-state index contributed by atoms with van der Waals surface area (Å²) in [6.07, 6.45) is 3.19. The summed E-state index contributed by atoms with van der Waals surface area (Å²) in [5, 5.41) is 0. The molecule has 0 amide bonds. The summed E-state index contributed by atoms with van der Waals surface area (Å²) in [6.45, 7) is 6.70. The smallest absolute Gasteiger partial charge is 0.203 e. The summed E-state index contributed by atoms with van der Waals surface area (Å²) in [5.41, 5.74) is 2.48. The Kier molecular flexibility index (Phi) is 4.83. The van der Waals surface area contributed by atoms with Crippen molar-refractivity contribution < 1.29 is 18.6 Å². The van der Waals surface area contributed by atoms with Crippen molar-refractivity contribution in [3.05, 3.63) is 17.2 Å². The van der Waals surface area contributed by atoms with Gasteiger partial charge in [-0.25, -0.2) is 0 Å². The number of benzene rings is 1. The summed E-state index contributed by atoms with van der Waals surface area (Å²) in [4.78, 5) is 0. The van der Waals surface area contributed by atoms with Gasteiger partial charge in [-0.3, -0.25) is 0 Å². The van der Waals surface area contributed by atoms with Crippen LogP contribution in [0.25, 0.3) is 0 Å². The van der Waals surface area contributed by atoms with Gasteiger partial charge in [0.2, 0.25) is 5.75 Å². The van der Waals surface area contributed by atoms with Gasteiger partial charge in [0, 0.05) is 11.7 Å². The zero-order chi connectivity index (χ0) is 15.6. The molecule has 1 unspecified atom stereocenters. The van der Waals surface area contributed by atoms with Crippen LogP contribution in [0.2, 0.25) is 19.6 Å². The van der Waals surface area contributed by atoms with Crippen LogP contribution in [0.15, 0.2) is 6.07 Å². The lowest BCUT2D eigenvalue weighted by molar-refractivity contribution is 0.176. The van der Waals surface area contributed by atoms with E-state index in [1.165, 1.54) is 11.1 Å². The van der Waals surface area contributed by atoms with Crippen LogP contribution in [-0.4, -0.2) is 35.8 Å². The van der Waals surface area contributed by atoms with Crippen molar-refractivity contribution in [1.29, 1.82) is 0 Å². The van der Waals surface area contributed by atoms with E-state index in [0.717, 1.165) is 30.8 Å². The molecule has 0 aliphatic heterocycles. The maximum absolute atomic E-state index is 6.27. The molecule has 0 bridgehead atoms. The first kappa shape index (κ1) is 16.2. The molecule has 0 saturated carbocycles. The molecule has 0 fully saturated rings. The number of hydrogen-bond acceptors (Lipinski definition) is 4. The van der Waals surface area contributed by atoms with Crippen LogP contribution in [0.3, 0.4) is 0 Å². The van der Waals surface area contributed by atoms with Crippen molar-refractivity contribution in [1.82, 2.24) is 0 Å². The number of rotatable bonds is 5. The number of ether oxygens (including phenoxy) is 3. The highest BCUT2D eigenvalue weighted by molar-refractivity contribution is 6.69. The van der Waals surface area contributed by atoms with Crippen molar-refractivity contribution in [3.8, 4) is 17.2 Å². The molecule has 5 heteroatoms. The average Bonchev–Trinajstić information content (AvgIpc) is 2.42. The first-order valence-corrected chi connectivity index (χ1v) is 10.8. The van der Waals surface area contributed by atoms with Crippen molar-refractivity contribution in [2.45, 2.75) is 45.0 Å². The Morgan fingerprint density at radius 1 is 1.00 bits per heavy atom. The lowest BCUT2D eigenvalue weighted by Crippen LogP contribution is -2.35. The number of fused-ring (bicyclic) bond motifs is 1. The van der Waals surface area contributed by atoms with E-state index in [1.54, 1.807) is 21.3 Å². The molecular weight excluding hydrogens is 284 g/mol. The molecule has 0 spiro atoms. The van der Waals surface area contributed by atoms with E-state index < -0.39 is 8.32 Å². The van der Waals surface area contributed by atoms with Gasteiger partial charge in [0.15, 0.2) is 19.8 Å². The molecule has 1 aromatic rings. The normalized spacial score (nSPS) is 18.1. The highest BCUT2D eigenvalue weighted by atomic mass is 28.4. The topological polar surface area (TPSA) is 36.9 Å². The van der Waals surface area contributed by atoms with Crippen molar-refractivity contribution in [2.75, 3.05) is 21.3 Å². The minimum absolute atomic E-state index is 0.298. The minimum atomic E-state index is -1.51.